The summed E-state index contributed by atoms with van der Waals surface area (Å²) >= 11 is 10.0. The number of methoxy groups -OCH3 is 2. The number of thiazole rings is 1. The van der Waals surface area contributed by atoms with E-state index in [1.54, 1.807) is 31.7 Å². The molecule has 2 radical (unpaired) electrons. The predicted octanol–water partition coefficient (Wildman–Crippen LogP) is 9.36. The van der Waals surface area contributed by atoms with Gasteiger partial charge in [-0.15, -0.1) is 23.1 Å². The lowest BCUT2D eigenvalue weighted by Crippen LogP contribution is -2.63. The zero-order valence-corrected chi connectivity index (χ0v) is 46.2. The number of piperidine rings is 2. The molecule has 3 aromatic carbocycles. The first-order valence-electron chi connectivity index (χ1n) is 24.9. The minimum atomic E-state index is -0.773. The molecule has 1 aromatic heterocycles. The van der Waals surface area contributed by atoms with Crippen LogP contribution < -0.4 is 18.9 Å². The van der Waals surface area contributed by atoms with E-state index in [4.69, 9.17) is 48.1 Å². The van der Waals surface area contributed by atoms with Gasteiger partial charge in [0.15, 0.2) is 23.0 Å². The summed E-state index contributed by atoms with van der Waals surface area (Å²) < 4.78 is 28.7. The van der Waals surface area contributed by atoms with E-state index in [-0.39, 0.29) is 64.5 Å². The number of aromatic nitrogens is 1. The van der Waals surface area contributed by atoms with E-state index in [0.717, 1.165) is 72.0 Å². The van der Waals surface area contributed by atoms with Crippen LogP contribution in [0.25, 0.3) is 0 Å². The summed E-state index contributed by atoms with van der Waals surface area (Å²) in [5, 5.41) is 6.64. The fourth-order valence-corrected chi connectivity index (χ4v) is 12.0. The fraction of sp³-hybridized carbons (Fsp3) is 0.491. The van der Waals surface area contributed by atoms with Crippen LogP contribution in [0.4, 0.5) is 0 Å². The third-order valence-corrected chi connectivity index (χ3v) is 18.1. The summed E-state index contributed by atoms with van der Waals surface area (Å²) in [7, 11) is 10.9. The number of rotatable bonds is 18. The zero-order chi connectivity index (χ0) is 53.2. The quantitative estimate of drug-likeness (QED) is 0.0307. The molecule has 4 aliphatic rings. The molecule has 392 valence electrons. The van der Waals surface area contributed by atoms with Crippen LogP contribution in [-0.4, -0.2) is 127 Å². The van der Waals surface area contributed by atoms with Crippen LogP contribution >= 0.6 is 34.7 Å². The highest BCUT2D eigenvalue weighted by Gasteiger charge is 2.55. The highest BCUT2D eigenvalue weighted by Crippen LogP contribution is 2.48. The van der Waals surface area contributed by atoms with Crippen LogP contribution in [-0.2, 0) is 37.1 Å². The van der Waals surface area contributed by atoms with E-state index in [9.17, 15) is 19.2 Å². The molecule has 2 atom stereocenters. The Morgan fingerprint density at radius 3 is 2.05 bits per heavy atom. The van der Waals surface area contributed by atoms with Gasteiger partial charge < -0.3 is 37.8 Å². The van der Waals surface area contributed by atoms with Crippen molar-refractivity contribution in [1.82, 2.24) is 14.8 Å². The number of hydrogen-bond acceptors (Lipinski definition) is 14. The first-order chi connectivity index (χ1) is 35.2. The van der Waals surface area contributed by atoms with E-state index >= 15 is 0 Å². The monoisotopic (exact) mass is 1070 g/mol. The fourth-order valence-electron chi connectivity index (χ4n) is 9.73. The molecule has 5 heterocycles. The number of hydrogen-bond donors (Lipinski definition) is 0. The second-order valence-electron chi connectivity index (χ2n) is 21.6. The standard InChI is InChI=1S/C55H66BClN5O10S2/c1-34-58-42(33-73-34)46(59-72-54(5,6)53(2,3)4)43(63)28-41-50(65)61-47(52(66)71-56)37(32-74-51(41)61)29-62(7)26-22-55(23-27-62)20-24-60(25-21-55)49(64)40-18-19-44(69-30-35-10-14-38(67-8)15-11-35)48(45(40)57)70-31-36-12-16-39(68-9)17-13-36/h10-19,33,41,51H,20-32H2,1-9H3/q+1/b59-46-/t41-,51-/m1/s1. The van der Waals surface area contributed by atoms with Crippen molar-refractivity contribution in [3.63, 3.8) is 0 Å². The van der Waals surface area contributed by atoms with Crippen LogP contribution in [0.5, 0.6) is 23.0 Å². The SMILES string of the molecule is [B]OC(=O)C1=C(C[N+]2(C)CCC3(CCN(C(=O)c4ccc(OCc5ccc(OC)cc5)c(OCc5ccc(OC)cc5)c4Cl)CC3)CC2)CS[C@@H]2[C@H](CC(=O)/C(=N\OC(C)(C)C(C)(C)C)c3csc(C)n3)C(=O)N12. The molecule has 8 rings (SSSR count). The Labute approximate surface area is 448 Å². The van der Waals surface area contributed by atoms with Gasteiger partial charge in [-0.05, 0) is 86.6 Å². The van der Waals surface area contributed by atoms with Crippen molar-refractivity contribution in [3.05, 3.63) is 110 Å². The molecular weight excluding hydrogens is 1000 g/mol. The van der Waals surface area contributed by atoms with E-state index in [0.29, 0.717) is 52.6 Å². The molecule has 4 aromatic rings. The Kier molecular flexibility index (Phi) is 16.5. The number of nitrogens with zero attached hydrogens (tertiary/aromatic N) is 5. The average molecular weight is 1070 g/mol. The molecule has 2 amide bonds. The number of Topliss-reactive ketones (excluding diaryl/α,β-unsaturated/α-hetero) is 1. The second-order valence-corrected chi connectivity index (χ2v) is 24.1. The molecule has 74 heavy (non-hydrogen) atoms. The molecule has 19 heteroatoms. The summed E-state index contributed by atoms with van der Waals surface area (Å²) in [6.07, 6.45) is 3.41. The zero-order valence-electron chi connectivity index (χ0n) is 43.8. The minimum Gasteiger partial charge on any atom is -0.539 e. The van der Waals surface area contributed by atoms with E-state index in [1.165, 1.54) is 28.0 Å². The number of oxime groups is 1. The van der Waals surface area contributed by atoms with Crippen LogP contribution in [0, 0.1) is 23.7 Å². The van der Waals surface area contributed by atoms with Crippen molar-refractivity contribution in [1.29, 1.82) is 0 Å². The van der Waals surface area contributed by atoms with Crippen LogP contribution in [0.15, 0.2) is 82.5 Å². The number of fused-ring (bicyclic) bond motifs is 1. The molecular formula is C55H66BClN5O10S2+. The van der Waals surface area contributed by atoms with Crippen molar-refractivity contribution >= 4 is 72.0 Å². The van der Waals surface area contributed by atoms with Gasteiger partial charge in [0.2, 0.25) is 5.91 Å². The average Bonchev–Trinajstić information content (AvgIpc) is 3.82. The second kappa shape index (κ2) is 22.3. The number of thioether (sulfide) groups is 1. The molecule has 3 saturated heterocycles. The van der Waals surface area contributed by atoms with Crippen LogP contribution in [0.1, 0.15) is 98.9 Å². The lowest BCUT2D eigenvalue weighted by atomic mass is 9.70. The van der Waals surface area contributed by atoms with Gasteiger partial charge >= 0.3 is 14.0 Å². The molecule has 15 nitrogen and oxygen atoms in total. The Bertz CT molecular complexity index is 2790. The Hall–Kier alpha value is -5.56. The highest BCUT2D eigenvalue weighted by atomic mass is 35.5. The smallest absolute Gasteiger partial charge is 0.378 e. The number of carbonyl (C=O) groups is 4. The normalized spacial score (nSPS) is 19.6. The number of aryl methyl sites for hydroxylation is 1. The maximum atomic E-state index is 14.3. The lowest BCUT2D eigenvalue weighted by Gasteiger charge is -2.52. The third kappa shape index (κ3) is 11.8. The van der Waals surface area contributed by atoms with Crippen molar-refractivity contribution < 1.29 is 52.1 Å². The van der Waals surface area contributed by atoms with E-state index < -0.39 is 22.9 Å². The topological polar surface area (TPSA) is 155 Å². The maximum Gasteiger partial charge on any atom is 0.378 e. The number of amides is 2. The van der Waals surface area contributed by atoms with Crippen LogP contribution in [0.2, 0.25) is 5.02 Å². The van der Waals surface area contributed by atoms with Crippen molar-refractivity contribution in [2.75, 3.05) is 59.7 Å². The number of likely N-dealkylation sites (N-methyl/N-ethyl adjacent to an activating group) is 1. The predicted molar refractivity (Wildman–Crippen MR) is 287 cm³/mol. The highest BCUT2D eigenvalue weighted by molar-refractivity contribution is 8.00. The third-order valence-electron chi connectivity index (χ3n) is 15.6. The van der Waals surface area contributed by atoms with E-state index in [1.807, 2.05) is 95.0 Å². The number of ketones is 1. The summed E-state index contributed by atoms with van der Waals surface area (Å²) in [6.45, 7) is 15.6. The number of carbonyl (C=O) groups excluding carboxylic acids is 4. The molecule has 4 aliphatic heterocycles. The Morgan fingerprint density at radius 2 is 1.50 bits per heavy atom. The van der Waals surface area contributed by atoms with Crippen molar-refractivity contribution in [2.24, 2.45) is 21.9 Å². The van der Waals surface area contributed by atoms with Gasteiger partial charge in [0, 0.05) is 54.5 Å². The molecule has 0 saturated carbocycles. The summed E-state index contributed by atoms with van der Waals surface area (Å²) in [6, 6.07) is 18.6. The number of quaternary nitrogens is 1. The molecule has 0 aliphatic carbocycles. The van der Waals surface area contributed by atoms with Gasteiger partial charge in [-0.2, -0.15) is 0 Å². The lowest BCUT2D eigenvalue weighted by molar-refractivity contribution is -0.912. The van der Waals surface area contributed by atoms with Crippen molar-refractivity contribution in [2.45, 2.75) is 97.8 Å². The summed E-state index contributed by atoms with van der Waals surface area (Å²) in [4.78, 5) is 69.7. The number of ether oxygens (including phenoxy) is 4. The largest absolute Gasteiger partial charge is 0.539 e. The number of likely N-dealkylation sites (tertiary alicyclic amines) is 2. The molecule has 0 unspecified atom stereocenters. The number of halogens is 1. The minimum absolute atomic E-state index is 0.0457. The number of benzene rings is 3. The number of β-lactam (4-membered cyclic amide) rings is 1. The molecule has 3 fully saturated rings. The van der Waals surface area contributed by atoms with E-state index in [2.05, 4.69) is 17.2 Å². The Morgan fingerprint density at radius 1 is 0.892 bits per heavy atom. The van der Waals surface area contributed by atoms with Gasteiger partial charge in [-0.25, -0.2) is 9.78 Å². The van der Waals surface area contributed by atoms with Gasteiger partial charge in [-0.1, -0.05) is 61.8 Å². The maximum absolute atomic E-state index is 14.3. The first kappa shape index (κ1) is 54.7. The summed E-state index contributed by atoms with van der Waals surface area (Å²) in [5.41, 5.74) is 2.63. The van der Waals surface area contributed by atoms with Gasteiger partial charge in [0.05, 0.1) is 61.2 Å². The van der Waals surface area contributed by atoms with Crippen molar-refractivity contribution in [3.8, 4) is 23.0 Å². The molecule has 1 spiro atoms. The molecule has 0 N–H and O–H groups in total. The van der Waals surface area contributed by atoms with Gasteiger partial charge in [0.25, 0.3) is 5.91 Å². The van der Waals surface area contributed by atoms with Gasteiger partial charge in [-0.3, -0.25) is 19.3 Å². The Balaban J connectivity index is 0.904. The van der Waals surface area contributed by atoms with Gasteiger partial charge in [0.1, 0.15) is 48.2 Å². The summed E-state index contributed by atoms with van der Waals surface area (Å²) in [5.74, 6) is 0.327. The molecule has 0 bridgehead atoms. The first-order valence-corrected chi connectivity index (χ1v) is 27.2. The van der Waals surface area contributed by atoms with Crippen LogP contribution in [0.3, 0.4) is 0 Å².